The van der Waals surface area contributed by atoms with Gasteiger partial charge in [-0.2, -0.15) is 4.98 Å². The molecular weight excluding hydrogens is 1420 g/mol. The number of rotatable bonds is 7. The molecule has 0 saturated heterocycles. The highest BCUT2D eigenvalue weighted by Gasteiger charge is 2.36. The Morgan fingerprint density at radius 2 is 0.496 bits per heavy atom. The molecule has 570 valence electrons. The van der Waals surface area contributed by atoms with E-state index in [-0.39, 0.29) is 21.7 Å². The topological polar surface area (TPSA) is 58.4 Å². The quantitative estimate of drug-likeness (QED) is 0.118. The minimum Gasteiger partial charge on any atom is -0.309 e. The molecule has 0 fully saturated rings. The first-order chi connectivity index (χ1) is 56.0. The molecule has 16 aromatic carbocycles. The first-order valence-corrected chi connectivity index (χ1v) is 41.8. The maximum Gasteiger partial charge on any atom is 0.291 e. The Kier molecular flexibility index (Phi) is 15.7. The Bertz CT molecular complexity index is 7360. The number of benzene rings is 16. The zero-order valence-electron chi connectivity index (χ0n) is 70.5. The maximum absolute atomic E-state index is 6.20. The van der Waals surface area contributed by atoms with Crippen LogP contribution >= 0.6 is 0 Å². The molecule has 0 aliphatic carbocycles. The van der Waals surface area contributed by atoms with Gasteiger partial charge in [0.25, 0.3) is 6.71 Å². The van der Waals surface area contributed by atoms with Gasteiger partial charge in [-0.15, -0.1) is 0 Å². The molecule has 0 aliphatic rings. The summed E-state index contributed by atoms with van der Waals surface area (Å²) in [5.41, 5.74) is 25.5. The average Bonchev–Trinajstić information content (AvgIpc) is 1.55. The highest BCUT2D eigenvalue weighted by molar-refractivity contribution is 6.95. The number of hydrogen-bond acceptors (Lipinski definition) is 3. The molecule has 0 radical (unpaired) electrons. The largest absolute Gasteiger partial charge is 0.309 e. The summed E-state index contributed by atoms with van der Waals surface area (Å²) >= 11 is 0. The molecule has 0 spiro atoms. The van der Waals surface area contributed by atoms with Crippen LogP contribution < -0.4 is 16.6 Å². The van der Waals surface area contributed by atoms with Gasteiger partial charge in [0.1, 0.15) is 5.72 Å². The van der Waals surface area contributed by atoms with Crippen LogP contribution in [0.2, 0.25) is 0 Å². The summed E-state index contributed by atoms with van der Waals surface area (Å²) < 4.78 is 9.96. The van der Waals surface area contributed by atoms with E-state index in [0.29, 0.717) is 17.6 Å². The fourth-order valence-corrected chi connectivity index (χ4v) is 20.5. The third-order valence-corrected chi connectivity index (χ3v) is 26.1. The highest BCUT2D eigenvalue weighted by Crippen LogP contribution is 2.49. The lowest BCUT2D eigenvalue weighted by molar-refractivity contribution is 0.591. The van der Waals surface area contributed by atoms with Crippen LogP contribution in [-0.2, 0) is 21.7 Å². The lowest BCUT2D eigenvalue weighted by atomic mass is 9.37. The fourth-order valence-electron chi connectivity index (χ4n) is 20.5. The van der Waals surface area contributed by atoms with Crippen molar-refractivity contribution in [3.8, 4) is 23.3 Å². The van der Waals surface area contributed by atoms with Crippen molar-refractivity contribution in [2.24, 2.45) is 0 Å². The minimum atomic E-state index is -0.424. The molecule has 5 heterocycles. The van der Waals surface area contributed by atoms with E-state index in [1.54, 1.807) is 0 Å². The predicted octanol–water partition coefficient (Wildman–Crippen LogP) is 26.7. The van der Waals surface area contributed by atoms with Crippen LogP contribution in [0.15, 0.2) is 255 Å². The van der Waals surface area contributed by atoms with Crippen molar-refractivity contribution in [2.75, 3.05) is 0 Å². The molecule has 8 heteroatoms. The van der Waals surface area contributed by atoms with E-state index in [1.165, 1.54) is 153 Å². The summed E-state index contributed by atoms with van der Waals surface area (Å²) in [6.07, 6.45) is 0. The van der Waals surface area contributed by atoms with Crippen LogP contribution in [0.3, 0.4) is 0 Å². The van der Waals surface area contributed by atoms with Crippen LogP contribution in [0.4, 0.5) is 0 Å². The zero-order chi connectivity index (χ0) is 80.7. The highest BCUT2D eigenvalue weighted by atomic mass is 15.3. The smallest absolute Gasteiger partial charge is 0.291 e. The van der Waals surface area contributed by atoms with Gasteiger partial charge in [-0.3, -0.25) is 9.13 Å². The van der Waals surface area contributed by atoms with Crippen molar-refractivity contribution in [1.29, 1.82) is 0 Å². The summed E-state index contributed by atoms with van der Waals surface area (Å²) in [6, 6.07) is 97.9. The molecule has 117 heavy (non-hydrogen) atoms. The van der Waals surface area contributed by atoms with Crippen LogP contribution in [0.1, 0.15) is 139 Å². The van der Waals surface area contributed by atoms with Gasteiger partial charge in [-0.25, -0.2) is 9.97 Å². The normalized spacial score (nSPS) is 12.9. The molecule has 21 aromatic rings. The Balaban J connectivity index is 0.924. The Morgan fingerprint density at radius 1 is 0.231 bits per heavy atom. The van der Waals surface area contributed by atoms with Crippen LogP contribution in [-0.4, -0.2) is 39.9 Å². The molecule has 5 aromatic heterocycles. The number of hydrogen-bond donors (Lipinski definition) is 0. The second kappa shape index (κ2) is 25.4. The van der Waals surface area contributed by atoms with E-state index in [9.17, 15) is 0 Å². The van der Waals surface area contributed by atoms with E-state index >= 15 is 0 Å². The molecule has 0 unspecified atom stereocenters. The average molecular weight is 1510 g/mol. The van der Waals surface area contributed by atoms with Crippen molar-refractivity contribution >= 4 is 175 Å². The lowest BCUT2D eigenvalue weighted by Gasteiger charge is -2.24. The minimum absolute atomic E-state index is 0.112. The second-order valence-electron chi connectivity index (χ2n) is 38.0. The zero-order valence-corrected chi connectivity index (χ0v) is 70.5. The van der Waals surface area contributed by atoms with Gasteiger partial charge in [0, 0.05) is 54.5 Å². The van der Waals surface area contributed by atoms with E-state index < -0.39 is 6.71 Å². The van der Waals surface area contributed by atoms with Crippen molar-refractivity contribution in [1.82, 2.24) is 33.2 Å². The SMILES string of the molecule is Cc1cc(C)c(B(c2nc(-n3c4ccc(C(C)(C)C)cc4c4c3ccc3c5cc(C(C)(C)C)ccc5n(-c5ccc6c7ccccc7c7ccccc7c6c5)c34)nc(-n3c4ccc(C(C)(C)C)cc4c4c3ccc3c5cc(C(C)(C)C)ccc5n(-c5ccc6c7ccccc7c7ccccc7c6c5)c34)n2)c2c(C)cc(C)cc2C)c(C)c1. The van der Waals surface area contributed by atoms with Gasteiger partial charge in [-0.1, -0.05) is 297 Å². The van der Waals surface area contributed by atoms with Crippen LogP contribution in [0.5, 0.6) is 0 Å². The number of nitrogens with zero attached hydrogens (tertiary/aromatic N) is 7. The monoisotopic (exact) mass is 1510 g/mol. The molecule has 0 N–H and O–H groups in total. The van der Waals surface area contributed by atoms with Crippen molar-refractivity contribution < 1.29 is 0 Å². The maximum atomic E-state index is 6.20. The first-order valence-electron chi connectivity index (χ1n) is 41.8. The third kappa shape index (κ3) is 11.0. The van der Waals surface area contributed by atoms with Crippen molar-refractivity contribution in [3.63, 3.8) is 0 Å². The van der Waals surface area contributed by atoms with Crippen LogP contribution in [0, 0.1) is 41.5 Å². The van der Waals surface area contributed by atoms with Gasteiger partial charge in [0.2, 0.25) is 11.9 Å². The first kappa shape index (κ1) is 72.1. The van der Waals surface area contributed by atoms with Gasteiger partial charge in [0.15, 0.2) is 0 Å². The molecule has 21 rings (SSSR count). The summed E-state index contributed by atoms with van der Waals surface area (Å²) in [4.78, 5) is 18.6. The Hall–Kier alpha value is -12.6. The van der Waals surface area contributed by atoms with E-state index in [1.807, 2.05) is 0 Å². The molecule has 0 bridgehead atoms. The molecule has 0 saturated carbocycles. The molecular formula is C109H96BN7. The molecule has 0 atom stereocenters. The van der Waals surface area contributed by atoms with Gasteiger partial charge >= 0.3 is 0 Å². The van der Waals surface area contributed by atoms with Gasteiger partial charge < -0.3 is 9.13 Å². The molecule has 7 nitrogen and oxygen atoms in total. The summed E-state index contributed by atoms with van der Waals surface area (Å²) in [5, 5.41) is 24.2. The predicted molar refractivity (Wildman–Crippen MR) is 503 cm³/mol. The van der Waals surface area contributed by atoms with Gasteiger partial charge in [0.05, 0.1) is 44.1 Å². The number of aryl methyl sites for hydroxylation is 6. The second-order valence-corrected chi connectivity index (χ2v) is 38.0. The van der Waals surface area contributed by atoms with Gasteiger partial charge in [-0.05, 0) is 235 Å². The lowest BCUT2D eigenvalue weighted by Crippen LogP contribution is -2.58. The number of aromatic nitrogens is 7. The number of fused-ring (bicyclic) bond motifs is 26. The van der Waals surface area contributed by atoms with E-state index in [4.69, 9.17) is 15.0 Å². The van der Waals surface area contributed by atoms with Crippen molar-refractivity contribution in [2.45, 2.75) is 146 Å². The summed E-state index contributed by atoms with van der Waals surface area (Å²) in [5.74, 6) is 1.08. The summed E-state index contributed by atoms with van der Waals surface area (Å²) in [7, 11) is 0. The fraction of sp³-hybridized carbons (Fsp3) is 0.202. The van der Waals surface area contributed by atoms with E-state index in [2.05, 4.69) is 398 Å². The molecule has 0 aliphatic heterocycles. The summed E-state index contributed by atoms with van der Waals surface area (Å²) in [6.45, 7) is 41.2. The van der Waals surface area contributed by atoms with Crippen LogP contribution in [0.25, 0.3) is 175 Å². The Labute approximate surface area is 684 Å². The standard InChI is InChI=1S/C109H96BN7/c1-61-51-63(3)99(64(4)52-61)110(100-65(5)53-62(2)54-66(100)6)103-111-104(116-93-47-37-69(108(13,14)15)57-89(93)97-95(116)49-43-83-87-55-67(106(7,8)9)35-45-91(87)114(101(83)97)71-39-41-81-77-31-21-19-27-73(77)75-29-23-25-33-79(75)85(81)59-71)113-105(112-103)117-94-48-38-70(109(16,17)18)58-90(94)98-96(117)50-44-84-88-56-68(107(10,11)12)36-46-92(88)115(102(84)98)72-40-42-82-78-32-22-20-28-74(78)76-30-24-26-34-80(76)86(82)60-72/h19-60H,1-18H3. The van der Waals surface area contributed by atoms with Crippen molar-refractivity contribution in [3.05, 3.63) is 310 Å². The third-order valence-electron chi connectivity index (χ3n) is 26.1. The molecule has 0 amide bonds. The van der Waals surface area contributed by atoms with E-state index in [0.717, 1.165) is 77.1 Å². The Morgan fingerprint density at radius 3 is 0.803 bits per heavy atom.